The van der Waals surface area contributed by atoms with Gasteiger partial charge in [-0.3, -0.25) is 9.59 Å². The van der Waals surface area contributed by atoms with Crippen LogP contribution in [0.2, 0.25) is 0 Å². The number of hydrogen-bond acceptors (Lipinski definition) is 6. The molecule has 0 unspecified atom stereocenters. The Morgan fingerprint density at radius 1 is 0.861 bits per heavy atom. The van der Waals surface area contributed by atoms with Crippen LogP contribution in [0.15, 0.2) is 94.4 Å². The van der Waals surface area contributed by atoms with Gasteiger partial charge in [-0.05, 0) is 67.8 Å². The third-order valence-corrected chi connectivity index (χ3v) is 7.21. The van der Waals surface area contributed by atoms with Crippen LogP contribution in [0.5, 0.6) is 0 Å². The van der Waals surface area contributed by atoms with Crippen LogP contribution in [-0.4, -0.2) is 35.3 Å². The van der Waals surface area contributed by atoms with Gasteiger partial charge in [0.25, 0.3) is 11.8 Å². The van der Waals surface area contributed by atoms with Crippen molar-refractivity contribution in [1.29, 1.82) is 0 Å². The van der Waals surface area contributed by atoms with E-state index >= 15 is 0 Å². The fraction of sp³-hybridized carbons (Fsp3) is 0.207. The molecule has 0 N–H and O–H groups in total. The van der Waals surface area contributed by atoms with Gasteiger partial charge in [0.1, 0.15) is 10.6 Å². The molecule has 36 heavy (non-hydrogen) atoms. The predicted molar refractivity (Wildman–Crippen MR) is 139 cm³/mol. The standard InChI is InChI=1S/C29H26N2O4S/c1-19(2)35-29(34)21-12-14-23(15-13-21)31-27(32)25(26(28(31)33)36-24-10-4-3-5-11-24)30-17-16-20-8-6-7-9-22(20)18-30/h3-15,19H,16-18H2,1-2H3. The molecule has 2 aliphatic rings. The van der Waals surface area contributed by atoms with Crippen molar-refractivity contribution >= 4 is 35.2 Å². The summed E-state index contributed by atoms with van der Waals surface area (Å²) in [6.45, 7) is 4.78. The zero-order chi connectivity index (χ0) is 25.2. The van der Waals surface area contributed by atoms with Gasteiger partial charge in [0.15, 0.2) is 0 Å². The Labute approximate surface area is 214 Å². The first-order chi connectivity index (χ1) is 17.4. The van der Waals surface area contributed by atoms with E-state index in [4.69, 9.17) is 4.74 Å². The molecule has 7 heteroatoms. The van der Waals surface area contributed by atoms with Gasteiger partial charge in [-0.2, -0.15) is 0 Å². The molecule has 0 radical (unpaired) electrons. The van der Waals surface area contributed by atoms with E-state index in [1.807, 2.05) is 47.4 Å². The van der Waals surface area contributed by atoms with Crippen molar-refractivity contribution in [2.75, 3.05) is 11.4 Å². The molecule has 6 nitrogen and oxygen atoms in total. The quantitative estimate of drug-likeness (QED) is 0.344. The maximum Gasteiger partial charge on any atom is 0.338 e. The molecule has 0 saturated carbocycles. The number of carbonyl (C=O) groups excluding carboxylic acids is 3. The Morgan fingerprint density at radius 2 is 1.53 bits per heavy atom. The Balaban J connectivity index is 1.48. The summed E-state index contributed by atoms with van der Waals surface area (Å²) in [4.78, 5) is 44.2. The number of carbonyl (C=O) groups is 3. The maximum atomic E-state index is 13.8. The fourth-order valence-corrected chi connectivity index (χ4v) is 5.45. The van der Waals surface area contributed by atoms with E-state index in [0.717, 1.165) is 16.9 Å². The highest BCUT2D eigenvalue weighted by Gasteiger charge is 2.43. The van der Waals surface area contributed by atoms with Gasteiger partial charge in [0.05, 0.1) is 17.4 Å². The Bertz CT molecular complexity index is 1350. The molecule has 5 rings (SSSR count). The van der Waals surface area contributed by atoms with E-state index in [9.17, 15) is 14.4 Å². The lowest BCUT2D eigenvalue weighted by Crippen LogP contribution is -2.37. The lowest BCUT2D eigenvalue weighted by atomic mass is 9.99. The van der Waals surface area contributed by atoms with E-state index in [2.05, 4.69) is 12.1 Å². The third kappa shape index (κ3) is 4.66. The largest absolute Gasteiger partial charge is 0.459 e. The van der Waals surface area contributed by atoms with Crippen LogP contribution in [0.4, 0.5) is 5.69 Å². The molecular weight excluding hydrogens is 472 g/mol. The molecule has 0 spiro atoms. The van der Waals surface area contributed by atoms with Crippen LogP contribution < -0.4 is 4.90 Å². The van der Waals surface area contributed by atoms with Crippen molar-refractivity contribution in [3.8, 4) is 0 Å². The molecule has 3 aromatic rings. The molecule has 182 valence electrons. The second-order valence-electron chi connectivity index (χ2n) is 8.98. The highest BCUT2D eigenvalue weighted by Crippen LogP contribution is 2.40. The minimum absolute atomic E-state index is 0.238. The van der Waals surface area contributed by atoms with Crippen molar-refractivity contribution in [2.45, 2.75) is 37.8 Å². The maximum absolute atomic E-state index is 13.8. The summed E-state index contributed by atoms with van der Waals surface area (Å²) >= 11 is 1.31. The number of hydrogen-bond donors (Lipinski definition) is 0. The van der Waals surface area contributed by atoms with Crippen LogP contribution in [0, 0.1) is 0 Å². The van der Waals surface area contributed by atoms with Crippen molar-refractivity contribution in [3.63, 3.8) is 0 Å². The number of esters is 1. The summed E-state index contributed by atoms with van der Waals surface area (Å²) in [6.07, 6.45) is 0.565. The highest BCUT2D eigenvalue weighted by atomic mass is 32.2. The predicted octanol–water partition coefficient (Wildman–Crippen LogP) is 5.19. The van der Waals surface area contributed by atoms with E-state index < -0.39 is 5.97 Å². The summed E-state index contributed by atoms with van der Waals surface area (Å²) in [6, 6.07) is 24.2. The van der Waals surface area contributed by atoms with Crippen molar-refractivity contribution in [2.24, 2.45) is 0 Å². The first kappa shape index (κ1) is 23.9. The Kier molecular flexibility index (Phi) is 6.65. The molecule has 3 aromatic carbocycles. The topological polar surface area (TPSA) is 66.9 Å². The van der Waals surface area contributed by atoms with Crippen LogP contribution in [0.25, 0.3) is 0 Å². The summed E-state index contributed by atoms with van der Waals surface area (Å²) < 4.78 is 5.25. The SMILES string of the molecule is CC(C)OC(=O)c1ccc(N2C(=O)C(Sc3ccccc3)=C(N3CCc4ccccc4C3)C2=O)cc1. The minimum atomic E-state index is -0.443. The molecule has 2 heterocycles. The van der Waals surface area contributed by atoms with Gasteiger partial charge in [-0.1, -0.05) is 54.2 Å². The molecule has 2 aliphatic heterocycles. The monoisotopic (exact) mass is 498 g/mol. The van der Waals surface area contributed by atoms with Crippen LogP contribution in [-0.2, 0) is 27.3 Å². The van der Waals surface area contributed by atoms with Crippen LogP contribution in [0.3, 0.4) is 0 Å². The Hall–Kier alpha value is -3.84. The van der Waals surface area contributed by atoms with E-state index in [1.54, 1.807) is 38.1 Å². The number of nitrogens with zero attached hydrogens (tertiary/aromatic N) is 2. The van der Waals surface area contributed by atoms with Gasteiger partial charge in [0, 0.05) is 18.0 Å². The van der Waals surface area contributed by atoms with E-state index in [0.29, 0.717) is 34.9 Å². The molecule has 0 fully saturated rings. The molecule has 0 saturated heterocycles. The first-order valence-corrected chi connectivity index (χ1v) is 12.7. The van der Waals surface area contributed by atoms with Gasteiger partial charge in [-0.15, -0.1) is 0 Å². The average molecular weight is 499 g/mol. The zero-order valence-electron chi connectivity index (χ0n) is 20.1. The molecule has 0 aliphatic carbocycles. The van der Waals surface area contributed by atoms with Crippen LogP contribution in [0.1, 0.15) is 35.3 Å². The lowest BCUT2D eigenvalue weighted by Gasteiger charge is -2.31. The van der Waals surface area contributed by atoms with Crippen molar-refractivity contribution in [3.05, 3.63) is 106 Å². The number of ether oxygens (including phenoxy) is 1. The molecule has 2 amide bonds. The van der Waals surface area contributed by atoms with E-state index in [1.165, 1.54) is 22.2 Å². The smallest absolute Gasteiger partial charge is 0.338 e. The molecule has 0 atom stereocenters. The average Bonchev–Trinajstić information content (AvgIpc) is 3.13. The van der Waals surface area contributed by atoms with Crippen molar-refractivity contribution < 1.29 is 19.1 Å². The van der Waals surface area contributed by atoms with Crippen molar-refractivity contribution in [1.82, 2.24) is 4.90 Å². The summed E-state index contributed by atoms with van der Waals surface area (Å²) in [5, 5.41) is 0. The number of amides is 2. The lowest BCUT2D eigenvalue weighted by molar-refractivity contribution is -0.121. The van der Waals surface area contributed by atoms with Gasteiger partial charge >= 0.3 is 5.97 Å². The zero-order valence-corrected chi connectivity index (χ0v) is 21.0. The second kappa shape index (κ2) is 10.0. The van der Waals surface area contributed by atoms with Gasteiger partial charge in [-0.25, -0.2) is 9.69 Å². The summed E-state index contributed by atoms with van der Waals surface area (Å²) in [5.41, 5.74) is 3.64. The first-order valence-electron chi connectivity index (χ1n) is 11.9. The number of benzene rings is 3. The third-order valence-electron chi connectivity index (χ3n) is 6.13. The summed E-state index contributed by atoms with van der Waals surface area (Å²) in [7, 11) is 0. The summed E-state index contributed by atoms with van der Waals surface area (Å²) in [5.74, 6) is -1.16. The van der Waals surface area contributed by atoms with Crippen LogP contribution >= 0.6 is 11.8 Å². The molecular formula is C29H26N2O4S. The highest BCUT2D eigenvalue weighted by molar-refractivity contribution is 8.04. The van der Waals surface area contributed by atoms with E-state index in [-0.39, 0.29) is 17.9 Å². The second-order valence-corrected chi connectivity index (χ2v) is 10.1. The van der Waals surface area contributed by atoms with Gasteiger partial charge in [0.2, 0.25) is 0 Å². The van der Waals surface area contributed by atoms with Gasteiger partial charge < -0.3 is 9.64 Å². The number of anilines is 1. The fourth-order valence-electron chi connectivity index (χ4n) is 4.43. The minimum Gasteiger partial charge on any atom is -0.459 e. The normalized spacial score (nSPS) is 15.5. The number of fused-ring (bicyclic) bond motifs is 1. The number of imide groups is 1. The molecule has 0 aromatic heterocycles. The number of thioether (sulfide) groups is 1. The Morgan fingerprint density at radius 3 is 2.22 bits per heavy atom. The number of rotatable bonds is 6. The molecule has 0 bridgehead atoms.